The molecular weight excluding hydrogens is 357 g/mol. The Kier molecular flexibility index (Phi) is 5.98. The van der Waals surface area contributed by atoms with Crippen LogP contribution in [0.2, 0.25) is 5.02 Å². The van der Waals surface area contributed by atoms with Crippen LogP contribution in [-0.4, -0.2) is 18.4 Å². The molecule has 0 unspecified atom stereocenters. The van der Waals surface area contributed by atoms with Gasteiger partial charge in [-0.15, -0.1) is 0 Å². The number of halogens is 4. The first kappa shape index (κ1) is 19.6. The molecule has 1 aliphatic rings. The Balaban J connectivity index is 2.08. The Bertz CT molecular complexity index is 658. The minimum absolute atomic E-state index is 0.0832. The molecule has 25 heavy (non-hydrogen) atoms. The van der Waals surface area contributed by atoms with Crippen LogP contribution >= 0.6 is 11.6 Å². The Hall–Kier alpha value is -1.76. The van der Waals surface area contributed by atoms with Gasteiger partial charge in [0.1, 0.15) is 5.41 Å². The smallest absolute Gasteiger partial charge is 0.355 e. The number of benzene rings is 1. The molecule has 0 heterocycles. The summed E-state index contributed by atoms with van der Waals surface area (Å²) in [6, 6.07) is 3.11. The van der Waals surface area contributed by atoms with Crippen molar-refractivity contribution in [1.29, 1.82) is 0 Å². The van der Waals surface area contributed by atoms with Crippen molar-refractivity contribution in [2.45, 2.75) is 45.2 Å². The lowest BCUT2D eigenvalue weighted by Gasteiger charge is -2.18. The average Bonchev–Trinajstić information content (AvgIpc) is 3.34. The summed E-state index contributed by atoms with van der Waals surface area (Å²) in [6.45, 7) is 2.48. The van der Waals surface area contributed by atoms with Crippen molar-refractivity contribution in [3.05, 3.63) is 28.8 Å². The van der Waals surface area contributed by atoms with Crippen molar-refractivity contribution in [1.82, 2.24) is 5.32 Å². The summed E-state index contributed by atoms with van der Waals surface area (Å²) in [6.07, 6.45) is -1.25. The van der Waals surface area contributed by atoms with Crippen molar-refractivity contribution in [3.8, 4) is 0 Å². The number of carbonyl (C=O) groups excluding carboxylic acids is 2. The summed E-state index contributed by atoms with van der Waals surface area (Å²) >= 11 is 5.62. The topological polar surface area (TPSA) is 58.2 Å². The molecule has 0 aromatic heterocycles. The molecule has 1 saturated carbocycles. The number of hydrogen-bond donors (Lipinski definition) is 2. The van der Waals surface area contributed by atoms with Crippen LogP contribution < -0.4 is 10.6 Å². The summed E-state index contributed by atoms with van der Waals surface area (Å²) < 4.78 is 39.3. The minimum atomic E-state index is -4.66. The van der Waals surface area contributed by atoms with Crippen LogP contribution in [0.3, 0.4) is 0 Å². The molecule has 1 aliphatic carbocycles. The minimum Gasteiger partial charge on any atom is -0.355 e. The van der Waals surface area contributed by atoms with E-state index in [4.69, 9.17) is 11.6 Å². The second-order valence-electron chi connectivity index (χ2n) is 6.19. The van der Waals surface area contributed by atoms with Crippen LogP contribution in [0.4, 0.5) is 18.9 Å². The molecule has 138 valence electrons. The SMILES string of the molecule is CCCCCNC(=O)C1(C(=O)Nc2ccc(Cl)cc2C(F)(F)F)CC1. The molecule has 2 rings (SSSR count). The molecule has 4 nitrogen and oxygen atoms in total. The van der Waals surface area contributed by atoms with Gasteiger partial charge in [0.05, 0.1) is 11.3 Å². The fourth-order valence-electron chi connectivity index (χ4n) is 2.53. The highest BCUT2D eigenvalue weighted by Gasteiger charge is 2.56. The highest BCUT2D eigenvalue weighted by Crippen LogP contribution is 2.47. The molecule has 0 atom stereocenters. The van der Waals surface area contributed by atoms with E-state index in [1.54, 1.807) is 0 Å². The molecule has 2 N–H and O–H groups in total. The Morgan fingerprint density at radius 2 is 1.88 bits per heavy atom. The second-order valence-corrected chi connectivity index (χ2v) is 6.62. The van der Waals surface area contributed by atoms with Gasteiger partial charge in [0, 0.05) is 11.6 Å². The van der Waals surface area contributed by atoms with Gasteiger partial charge in [-0.25, -0.2) is 0 Å². The van der Waals surface area contributed by atoms with E-state index in [2.05, 4.69) is 10.6 Å². The molecule has 8 heteroatoms. The lowest BCUT2D eigenvalue weighted by Crippen LogP contribution is -2.40. The summed E-state index contributed by atoms with van der Waals surface area (Å²) in [5, 5.41) is 4.87. The van der Waals surface area contributed by atoms with E-state index in [0.29, 0.717) is 19.4 Å². The number of rotatable bonds is 7. The monoisotopic (exact) mass is 376 g/mol. The van der Waals surface area contributed by atoms with Gasteiger partial charge >= 0.3 is 6.18 Å². The van der Waals surface area contributed by atoms with Crippen LogP contribution in [0.15, 0.2) is 18.2 Å². The zero-order valence-corrected chi connectivity index (χ0v) is 14.6. The van der Waals surface area contributed by atoms with Crippen molar-refractivity contribution in [3.63, 3.8) is 0 Å². The summed E-state index contributed by atoms with van der Waals surface area (Å²) in [7, 11) is 0. The molecule has 2 amide bonds. The zero-order chi connectivity index (χ0) is 18.7. The van der Waals surface area contributed by atoms with Crippen molar-refractivity contribution in [2.75, 3.05) is 11.9 Å². The molecule has 0 aliphatic heterocycles. The van der Waals surface area contributed by atoms with Crippen molar-refractivity contribution in [2.24, 2.45) is 5.41 Å². The molecule has 0 spiro atoms. The molecule has 0 saturated heterocycles. The van der Waals surface area contributed by atoms with Crippen molar-refractivity contribution < 1.29 is 22.8 Å². The summed E-state index contributed by atoms with van der Waals surface area (Å²) in [4.78, 5) is 24.7. The first-order chi connectivity index (χ1) is 11.7. The van der Waals surface area contributed by atoms with E-state index < -0.39 is 34.7 Å². The molecular formula is C17H20ClF3N2O2. The fraction of sp³-hybridized carbons (Fsp3) is 0.529. The van der Waals surface area contributed by atoms with Crippen LogP contribution in [0.25, 0.3) is 0 Å². The Morgan fingerprint density at radius 1 is 1.20 bits per heavy atom. The number of unbranched alkanes of at least 4 members (excludes halogenated alkanes) is 2. The number of anilines is 1. The van der Waals surface area contributed by atoms with Crippen LogP contribution in [0, 0.1) is 5.41 Å². The Morgan fingerprint density at radius 3 is 2.44 bits per heavy atom. The number of nitrogens with one attached hydrogen (secondary N) is 2. The maximum absolute atomic E-state index is 13.1. The van der Waals surface area contributed by atoms with Gasteiger partial charge in [-0.05, 0) is 37.5 Å². The molecule has 0 bridgehead atoms. The van der Waals surface area contributed by atoms with Gasteiger partial charge in [0.15, 0.2) is 0 Å². The third-order valence-electron chi connectivity index (χ3n) is 4.22. The van der Waals surface area contributed by atoms with Gasteiger partial charge in [-0.2, -0.15) is 13.2 Å². The maximum atomic E-state index is 13.1. The highest BCUT2D eigenvalue weighted by atomic mass is 35.5. The van der Waals surface area contributed by atoms with E-state index in [9.17, 15) is 22.8 Å². The van der Waals surface area contributed by atoms with Crippen LogP contribution in [-0.2, 0) is 15.8 Å². The normalized spacial score (nSPS) is 15.6. The van der Waals surface area contributed by atoms with E-state index in [-0.39, 0.29) is 5.02 Å². The zero-order valence-electron chi connectivity index (χ0n) is 13.8. The summed E-state index contributed by atoms with van der Waals surface area (Å²) in [5.41, 5.74) is -2.70. The fourth-order valence-corrected chi connectivity index (χ4v) is 2.70. The first-order valence-electron chi connectivity index (χ1n) is 8.17. The molecule has 1 aromatic carbocycles. The average molecular weight is 377 g/mol. The van der Waals surface area contributed by atoms with Gasteiger partial charge in [0.2, 0.25) is 11.8 Å². The predicted molar refractivity (Wildman–Crippen MR) is 89.3 cm³/mol. The lowest BCUT2D eigenvalue weighted by molar-refractivity contribution is -0.137. The second kappa shape index (κ2) is 7.64. The van der Waals surface area contributed by atoms with E-state index >= 15 is 0 Å². The molecule has 1 fully saturated rings. The van der Waals surface area contributed by atoms with E-state index in [0.717, 1.165) is 31.4 Å². The highest BCUT2D eigenvalue weighted by molar-refractivity contribution is 6.30. The van der Waals surface area contributed by atoms with Crippen LogP contribution in [0.5, 0.6) is 0 Å². The number of amides is 2. The molecule has 0 radical (unpaired) electrons. The molecule has 1 aromatic rings. The lowest BCUT2D eigenvalue weighted by atomic mass is 10.0. The number of carbonyl (C=O) groups is 2. The number of alkyl halides is 3. The van der Waals surface area contributed by atoms with Gasteiger partial charge < -0.3 is 10.6 Å². The van der Waals surface area contributed by atoms with E-state index in [1.807, 2.05) is 6.92 Å². The van der Waals surface area contributed by atoms with Crippen molar-refractivity contribution >= 4 is 29.1 Å². The quantitative estimate of drug-likeness (QED) is 0.548. The van der Waals surface area contributed by atoms with Gasteiger partial charge in [-0.1, -0.05) is 31.4 Å². The van der Waals surface area contributed by atoms with E-state index in [1.165, 1.54) is 6.07 Å². The maximum Gasteiger partial charge on any atom is 0.418 e. The third kappa shape index (κ3) is 4.66. The third-order valence-corrected chi connectivity index (χ3v) is 4.46. The predicted octanol–water partition coefficient (Wildman–Crippen LogP) is 4.38. The van der Waals surface area contributed by atoms with Gasteiger partial charge in [-0.3, -0.25) is 9.59 Å². The number of hydrogen-bond acceptors (Lipinski definition) is 2. The standard InChI is InChI=1S/C17H20ClF3N2O2/c1-2-3-4-9-22-14(24)16(7-8-16)15(25)23-13-6-5-11(18)10-12(13)17(19,20)21/h5-6,10H,2-4,7-9H2,1H3,(H,22,24)(H,23,25). The Labute approximate surface area is 149 Å². The first-order valence-corrected chi connectivity index (χ1v) is 8.55. The van der Waals surface area contributed by atoms with Gasteiger partial charge in [0.25, 0.3) is 0 Å². The van der Waals surface area contributed by atoms with Crippen LogP contribution in [0.1, 0.15) is 44.6 Å². The largest absolute Gasteiger partial charge is 0.418 e. The summed E-state index contributed by atoms with van der Waals surface area (Å²) in [5.74, 6) is -1.14.